The first-order chi connectivity index (χ1) is 8.60. The smallest absolute Gasteiger partial charge is 0.254 e. The van der Waals surface area contributed by atoms with E-state index >= 15 is 0 Å². The van der Waals surface area contributed by atoms with Crippen molar-refractivity contribution in [2.75, 3.05) is 22.9 Å². The molecule has 2 rings (SSSR count). The molecule has 7 heteroatoms. The van der Waals surface area contributed by atoms with Gasteiger partial charge in [0.25, 0.3) is 5.91 Å². The van der Waals surface area contributed by atoms with Gasteiger partial charge in [-0.2, -0.15) is 0 Å². The number of amides is 2. The summed E-state index contributed by atoms with van der Waals surface area (Å²) in [6.45, 7) is -0.136. The number of aliphatic hydroxyl groups excluding tert-OH is 1. The minimum Gasteiger partial charge on any atom is -0.382 e. The van der Waals surface area contributed by atoms with Gasteiger partial charge in [-0.25, -0.2) is 0 Å². The molecule has 96 valence electrons. The quantitative estimate of drug-likeness (QED) is 0.616. The summed E-state index contributed by atoms with van der Waals surface area (Å²) < 4.78 is 0. The summed E-state index contributed by atoms with van der Waals surface area (Å²) >= 11 is 1.44. The number of carbonyl (C=O) groups excluding carboxylic acids is 2. The molecule has 0 aromatic heterocycles. The van der Waals surface area contributed by atoms with Crippen LogP contribution >= 0.6 is 11.8 Å². The number of fused-ring (bicyclic) bond motifs is 1. The van der Waals surface area contributed by atoms with Crippen LogP contribution in [0.1, 0.15) is 0 Å². The molecule has 5 N–H and O–H groups in total. The predicted octanol–water partition coefficient (Wildman–Crippen LogP) is -0.0111. The van der Waals surface area contributed by atoms with Gasteiger partial charge in [0.1, 0.15) is 6.10 Å². The van der Waals surface area contributed by atoms with Crippen molar-refractivity contribution >= 4 is 35.0 Å². The number of benzene rings is 1. The van der Waals surface area contributed by atoms with Gasteiger partial charge in [0, 0.05) is 17.1 Å². The summed E-state index contributed by atoms with van der Waals surface area (Å²) in [6, 6.07) is 5.18. The summed E-state index contributed by atoms with van der Waals surface area (Å²) in [7, 11) is 0. The molecule has 1 aromatic carbocycles. The van der Waals surface area contributed by atoms with Gasteiger partial charge in [-0.3, -0.25) is 9.59 Å². The number of hydrogen-bond acceptors (Lipinski definition) is 5. The highest BCUT2D eigenvalue weighted by atomic mass is 32.2. The molecule has 0 spiro atoms. The van der Waals surface area contributed by atoms with E-state index in [4.69, 9.17) is 5.73 Å². The zero-order valence-electron chi connectivity index (χ0n) is 9.47. The van der Waals surface area contributed by atoms with Crippen LogP contribution in [0.4, 0.5) is 11.4 Å². The number of nitrogens with two attached hydrogens (primary N) is 1. The summed E-state index contributed by atoms with van der Waals surface area (Å²) in [4.78, 5) is 23.6. The zero-order chi connectivity index (χ0) is 13.1. The Balaban J connectivity index is 2.13. The highest BCUT2D eigenvalue weighted by molar-refractivity contribution is 8.00. The molecular weight excluding hydrogens is 254 g/mol. The molecule has 6 nitrogen and oxygen atoms in total. The molecule has 0 saturated heterocycles. The lowest BCUT2D eigenvalue weighted by molar-refractivity contribution is -0.123. The van der Waals surface area contributed by atoms with Crippen molar-refractivity contribution in [3.05, 3.63) is 18.2 Å². The fraction of sp³-hybridized carbons (Fsp3) is 0.273. The molecule has 1 aliphatic rings. The largest absolute Gasteiger partial charge is 0.382 e. The number of anilines is 2. The number of aliphatic hydroxyl groups is 1. The van der Waals surface area contributed by atoms with Crippen molar-refractivity contribution in [2.45, 2.75) is 11.0 Å². The van der Waals surface area contributed by atoms with E-state index < -0.39 is 12.0 Å². The molecule has 0 bridgehead atoms. The van der Waals surface area contributed by atoms with E-state index in [2.05, 4.69) is 10.6 Å². The minimum atomic E-state index is -1.23. The summed E-state index contributed by atoms with van der Waals surface area (Å²) in [5, 5.41) is 14.5. The van der Waals surface area contributed by atoms with Crippen LogP contribution in [0, 0.1) is 0 Å². The maximum absolute atomic E-state index is 11.4. The lowest BCUT2D eigenvalue weighted by Gasteiger charge is -2.17. The van der Waals surface area contributed by atoms with Gasteiger partial charge in [-0.05, 0) is 18.2 Å². The SMILES string of the molecule is NCC(O)C(=O)Nc1ccc2c(c1)NC(=O)CS2. The van der Waals surface area contributed by atoms with Crippen LogP contribution in [0.2, 0.25) is 0 Å². The van der Waals surface area contributed by atoms with Gasteiger partial charge in [0.05, 0.1) is 11.4 Å². The first-order valence-corrected chi connectivity index (χ1v) is 6.34. The fourth-order valence-electron chi connectivity index (χ4n) is 1.49. The topological polar surface area (TPSA) is 104 Å². The highest BCUT2D eigenvalue weighted by Crippen LogP contribution is 2.33. The Morgan fingerprint density at radius 1 is 1.61 bits per heavy atom. The monoisotopic (exact) mass is 267 g/mol. The van der Waals surface area contributed by atoms with Crippen molar-refractivity contribution in [3.8, 4) is 0 Å². The first kappa shape index (κ1) is 12.9. The molecule has 0 saturated carbocycles. The summed E-state index contributed by atoms with van der Waals surface area (Å²) in [6.07, 6.45) is -1.23. The van der Waals surface area contributed by atoms with E-state index in [-0.39, 0.29) is 12.5 Å². The second-order valence-corrected chi connectivity index (χ2v) is 4.81. The molecule has 18 heavy (non-hydrogen) atoms. The average Bonchev–Trinajstić information content (AvgIpc) is 2.37. The second kappa shape index (κ2) is 5.38. The number of hydrogen-bond donors (Lipinski definition) is 4. The van der Waals surface area contributed by atoms with Crippen LogP contribution in [0.5, 0.6) is 0 Å². The normalized spacial score (nSPS) is 15.6. The summed E-state index contributed by atoms with van der Waals surface area (Å²) in [5.41, 5.74) is 6.36. The second-order valence-electron chi connectivity index (χ2n) is 3.79. The number of carbonyl (C=O) groups is 2. The molecule has 1 heterocycles. The van der Waals surface area contributed by atoms with Crippen LogP contribution in [-0.4, -0.2) is 35.3 Å². The van der Waals surface area contributed by atoms with Gasteiger partial charge in [0.2, 0.25) is 5.91 Å². The third-order valence-corrected chi connectivity index (χ3v) is 3.48. The van der Waals surface area contributed by atoms with Crippen LogP contribution in [0.25, 0.3) is 0 Å². The van der Waals surface area contributed by atoms with E-state index in [0.717, 1.165) is 4.90 Å². The summed E-state index contributed by atoms with van der Waals surface area (Å²) in [5.74, 6) is -0.241. The Labute approximate surface area is 108 Å². The molecule has 1 aliphatic heterocycles. The van der Waals surface area contributed by atoms with E-state index in [1.807, 2.05) is 6.07 Å². The predicted molar refractivity (Wildman–Crippen MR) is 69.5 cm³/mol. The molecule has 1 atom stereocenters. The number of rotatable bonds is 3. The van der Waals surface area contributed by atoms with E-state index in [0.29, 0.717) is 17.1 Å². The Hall–Kier alpha value is -1.57. The molecule has 0 aliphatic carbocycles. The van der Waals surface area contributed by atoms with E-state index in [9.17, 15) is 14.7 Å². The van der Waals surface area contributed by atoms with Crippen molar-refractivity contribution in [1.29, 1.82) is 0 Å². The Kier molecular flexibility index (Phi) is 3.85. The van der Waals surface area contributed by atoms with Gasteiger partial charge in [-0.15, -0.1) is 11.8 Å². The molecule has 0 fully saturated rings. The lowest BCUT2D eigenvalue weighted by Crippen LogP contribution is -2.34. The first-order valence-electron chi connectivity index (χ1n) is 5.36. The third kappa shape index (κ3) is 2.81. The van der Waals surface area contributed by atoms with Crippen molar-refractivity contribution in [1.82, 2.24) is 0 Å². The van der Waals surface area contributed by atoms with Gasteiger partial charge in [0.15, 0.2) is 0 Å². The van der Waals surface area contributed by atoms with Crippen LogP contribution < -0.4 is 16.4 Å². The Morgan fingerprint density at radius 2 is 2.39 bits per heavy atom. The zero-order valence-corrected chi connectivity index (χ0v) is 10.3. The standard InChI is InChI=1S/C11H13N3O3S/c12-4-8(15)11(17)13-6-1-2-9-7(3-6)14-10(16)5-18-9/h1-3,8,15H,4-5,12H2,(H,13,17)(H,14,16). The molecular formula is C11H13N3O3S. The van der Waals surface area contributed by atoms with E-state index in [1.54, 1.807) is 12.1 Å². The minimum absolute atomic E-state index is 0.0713. The van der Waals surface area contributed by atoms with Crippen LogP contribution in [0.3, 0.4) is 0 Å². The maximum atomic E-state index is 11.4. The fourth-order valence-corrected chi connectivity index (χ4v) is 2.28. The highest BCUT2D eigenvalue weighted by Gasteiger charge is 2.17. The van der Waals surface area contributed by atoms with Crippen LogP contribution in [0.15, 0.2) is 23.1 Å². The van der Waals surface area contributed by atoms with Crippen molar-refractivity contribution < 1.29 is 14.7 Å². The average molecular weight is 267 g/mol. The molecule has 2 amide bonds. The molecule has 0 radical (unpaired) electrons. The van der Waals surface area contributed by atoms with Gasteiger partial charge < -0.3 is 21.5 Å². The van der Waals surface area contributed by atoms with Crippen LogP contribution in [-0.2, 0) is 9.59 Å². The van der Waals surface area contributed by atoms with Gasteiger partial charge in [-0.1, -0.05) is 0 Å². The van der Waals surface area contributed by atoms with E-state index in [1.165, 1.54) is 11.8 Å². The maximum Gasteiger partial charge on any atom is 0.254 e. The Morgan fingerprint density at radius 3 is 3.11 bits per heavy atom. The van der Waals surface area contributed by atoms with Gasteiger partial charge >= 0.3 is 0 Å². The molecule has 1 aromatic rings. The molecule has 1 unspecified atom stereocenters. The van der Waals surface area contributed by atoms with Crippen molar-refractivity contribution in [3.63, 3.8) is 0 Å². The Bertz CT molecular complexity index is 492. The van der Waals surface area contributed by atoms with Crippen molar-refractivity contribution in [2.24, 2.45) is 5.73 Å². The lowest BCUT2D eigenvalue weighted by atomic mass is 10.2. The number of nitrogens with one attached hydrogen (secondary N) is 2. The third-order valence-electron chi connectivity index (χ3n) is 2.41. The number of thioether (sulfide) groups is 1.